The molecule has 1 saturated heterocycles. The molecular formula is C5H10BO4P. The highest BCUT2D eigenvalue weighted by molar-refractivity contribution is 7.25. The van der Waals surface area contributed by atoms with E-state index in [9.17, 15) is 0 Å². The maximum absolute atomic E-state index is 8.74. The van der Waals surface area contributed by atoms with Gasteiger partial charge in [-0.2, -0.15) is 0 Å². The molecule has 1 heterocycles. The van der Waals surface area contributed by atoms with Crippen molar-refractivity contribution in [2.75, 3.05) is 6.61 Å². The topological polar surface area (TPSA) is 58.9 Å². The van der Waals surface area contributed by atoms with Gasteiger partial charge < -0.3 is 19.3 Å². The minimum absolute atomic E-state index is 0.122. The third-order valence-corrected chi connectivity index (χ3v) is 2.02. The van der Waals surface area contributed by atoms with Crippen LogP contribution in [0.5, 0.6) is 0 Å². The van der Waals surface area contributed by atoms with Crippen molar-refractivity contribution in [1.29, 1.82) is 0 Å². The zero-order chi connectivity index (χ0) is 8.27. The molecule has 0 amide bonds. The Hall–Kier alpha value is 0.335. The first-order valence-corrected chi connectivity index (χ1v) is 4.20. The van der Waals surface area contributed by atoms with E-state index in [1.54, 1.807) is 0 Å². The van der Waals surface area contributed by atoms with Crippen molar-refractivity contribution in [1.82, 2.24) is 0 Å². The predicted molar refractivity (Wildman–Crippen MR) is 41.5 cm³/mol. The highest BCUT2D eigenvalue weighted by Gasteiger charge is 2.32. The standard InChI is InChI=1S/C5H10BO4P/c6-5-1-3(10-11-8)4(2-7)9-5/h3-5,7-8,11H,1-2H2. The van der Waals surface area contributed by atoms with Crippen LogP contribution in [0.4, 0.5) is 0 Å². The van der Waals surface area contributed by atoms with Gasteiger partial charge in [-0.3, -0.25) is 0 Å². The lowest BCUT2D eigenvalue weighted by Crippen LogP contribution is -2.25. The van der Waals surface area contributed by atoms with Crippen LogP contribution < -0.4 is 0 Å². The van der Waals surface area contributed by atoms with Crippen LogP contribution in [0.25, 0.3) is 0 Å². The zero-order valence-electron chi connectivity index (χ0n) is 5.93. The normalized spacial score (nSPS) is 38.9. The highest BCUT2D eigenvalue weighted by Crippen LogP contribution is 2.25. The molecule has 0 aliphatic carbocycles. The molecule has 0 bridgehead atoms. The van der Waals surface area contributed by atoms with E-state index in [-0.39, 0.29) is 24.8 Å². The first-order chi connectivity index (χ1) is 5.27. The van der Waals surface area contributed by atoms with Gasteiger partial charge in [0.1, 0.15) is 14.0 Å². The summed E-state index contributed by atoms with van der Waals surface area (Å²) in [7, 11) is 4.85. The van der Waals surface area contributed by atoms with E-state index < -0.39 is 9.03 Å². The van der Waals surface area contributed by atoms with Gasteiger partial charge in [0.25, 0.3) is 0 Å². The van der Waals surface area contributed by atoms with Crippen LogP contribution in [-0.2, 0) is 9.26 Å². The number of rotatable bonds is 3. The van der Waals surface area contributed by atoms with Gasteiger partial charge in [0.15, 0.2) is 9.03 Å². The van der Waals surface area contributed by atoms with Gasteiger partial charge in [-0.05, 0) is 6.42 Å². The minimum Gasteiger partial charge on any atom is -0.394 e. The lowest BCUT2D eigenvalue weighted by molar-refractivity contribution is 0.00553. The van der Waals surface area contributed by atoms with Gasteiger partial charge >= 0.3 is 0 Å². The van der Waals surface area contributed by atoms with Crippen molar-refractivity contribution in [3.63, 3.8) is 0 Å². The Morgan fingerprint density at radius 1 is 1.73 bits per heavy atom. The second-order valence-corrected chi connectivity index (χ2v) is 2.80. The Bertz CT molecular complexity index is 125. The summed E-state index contributed by atoms with van der Waals surface area (Å²) in [5.74, 6) is 0. The van der Waals surface area contributed by atoms with E-state index in [0.29, 0.717) is 6.42 Å². The number of aliphatic hydroxyl groups excluding tert-OH is 1. The quantitative estimate of drug-likeness (QED) is 0.434. The summed E-state index contributed by atoms with van der Waals surface area (Å²) >= 11 is 0. The Kier molecular flexibility index (Phi) is 3.75. The molecular weight excluding hydrogens is 166 g/mol. The van der Waals surface area contributed by atoms with Crippen LogP contribution in [-0.4, -0.2) is 42.7 Å². The van der Waals surface area contributed by atoms with E-state index in [1.165, 1.54) is 0 Å². The Morgan fingerprint density at radius 2 is 2.45 bits per heavy atom. The highest BCUT2D eigenvalue weighted by atomic mass is 31.1. The van der Waals surface area contributed by atoms with E-state index >= 15 is 0 Å². The first-order valence-electron chi connectivity index (χ1n) is 3.34. The van der Waals surface area contributed by atoms with Crippen LogP contribution in [0.1, 0.15) is 6.42 Å². The first kappa shape index (κ1) is 9.42. The van der Waals surface area contributed by atoms with Crippen LogP contribution in [0, 0.1) is 0 Å². The molecule has 1 aliphatic heterocycles. The zero-order valence-corrected chi connectivity index (χ0v) is 6.93. The summed E-state index contributed by atoms with van der Waals surface area (Å²) in [4.78, 5) is 8.45. The minimum atomic E-state index is -0.576. The SMILES string of the molecule is [B]C1CC(OPO)C(CO)O1. The summed E-state index contributed by atoms with van der Waals surface area (Å²) in [6.07, 6.45) is -0.123. The summed E-state index contributed by atoms with van der Waals surface area (Å²) in [6.45, 7) is -0.122. The maximum atomic E-state index is 8.74. The van der Waals surface area contributed by atoms with Crippen LogP contribution in [0.2, 0.25) is 0 Å². The van der Waals surface area contributed by atoms with Crippen molar-refractivity contribution in [3.05, 3.63) is 0 Å². The fourth-order valence-electron chi connectivity index (χ4n) is 1.10. The second kappa shape index (κ2) is 4.38. The molecule has 2 N–H and O–H groups in total. The molecule has 1 aliphatic rings. The third-order valence-electron chi connectivity index (χ3n) is 1.61. The molecule has 4 nitrogen and oxygen atoms in total. The van der Waals surface area contributed by atoms with Crippen molar-refractivity contribution < 1.29 is 19.3 Å². The second-order valence-electron chi connectivity index (χ2n) is 2.38. The molecule has 1 fully saturated rings. The van der Waals surface area contributed by atoms with Gasteiger partial charge in [-0.15, -0.1) is 0 Å². The largest absolute Gasteiger partial charge is 0.394 e. The molecule has 0 aromatic rings. The molecule has 0 aromatic carbocycles. The molecule has 0 aromatic heterocycles. The predicted octanol–water partition coefficient (Wildman–Crippen LogP) is -0.852. The van der Waals surface area contributed by atoms with Gasteiger partial charge in [0.2, 0.25) is 0 Å². The van der Waals surface area contributed by atoms with E-state index in [1.807, 2.05) is 0 Å². The van der Waals surface area contributed by atoms with Crippen LogP contribution in [0.15, 0.2) is 0 Å². The van der Waals surface area contributed by atoms with Crippen molar-refractivity contribution in [2.24, 2.45) is 0 Å². The lowest BCUT2D eigenvalue weighted by atomic mass is 9.96. The fourth-order valence-corrected chi connectivity index (χ4v) is 1.48. The van der Waals surface area contributed by atoms with Gasteiger partial charge in [-0.25, -0.2) is 0 Å². The Balaban J connectivity index is 2.37. The summed E-state index contributed by atoms with van der Waals surface area (Å²) in [5.41, 5.74) is 0. The Labute approximate surface area is 68.2 Å². The van der Waals surface area contributed by atoms with Crippen LogP contribution in [0.3, 0.4) is 0 Å². The lowest BCUT2D eigenvalue weighted by Gasteiger charge is -2.14. The fraction of sp³-hybridized carbons (Fsp3) is 1.00. The monoisotopic (exact) mass is 176 g/mol. The summed E-state index contributed by atoms with van der Waals surface area (Å²) in [6, 6.07) is -0.381. The number of ether oxygens (including phenoxy) is 1. The number of aliphatic hydroxyl groups is 1. The van der Waals surface area contributed by atoms with Gasteiger partial charge in [0.05, 0.1) is 12.7 Å². The van der Waals surface area contributed by atoms with E-state index in [4.69, 9.17) is 27.1 Å². The molecule has 6 heteroatoms. The molecule has 0 spiro atoms. The molecule has 4 atom stereocenters. The molecule has 11 heavy (non-hydrogen) atoms. The molecule has 62 valence electrons. The van der Waals surface area contributed by atoms with E-state index in [0.717, 1.165) is 0 Å². The third kappa shape index (κ3) is 2.39. The maximum Gasteiger partial charge on any atom is 0.152 e. The summed E-state index contributed by atoms with van der Waals surface area (Å²) in [5, 5.41) is 8.74. The Morgan fingerprint density at radius 3 is 3.00 bits per heavy atom. The van der Waals surface area contributed by atoms with Crippen molar-refractivity contribution in [3.8, 4) is 0 Å². The number of hydrogen-bond acceptors (Lipinski definition) is 4. The average molecular weight is 176 g/mol. The molecule has 4 unspecified atom stereocenters. The van der Waals surface area contributed by atoms with Crippen molar-refractivity contribution in [2.45, 2.75) is 24.6 Å². The summed E-state index contributed by atoms with van der Waals surface area (Å²) < 4.78 is 9.97. The molecule has 1 rings (SSSR count). The smallest absolute Gasteiger partial charge is 0.152 e. The van der Waals surface area contributed by atoms with Gasteiger partial charge in [0, 0.05) is 6.00 Å². The molecule has 2 radical (unpaired) electrons. The van der Waals surface area contributed by atoms with Crippen molar-refractivity contribution >= 4 is 16.9 Å². The molecule has 0 saturated carbocycles. The average Bonchev–Trinajstić information content (AvgIpc) is 2.32. The number of hydrogen-bond donors (Lipinski definition) is 2. The van der Waals surface area contributed by atoms with E-state index in [2.05, 4.69) is 0 Å². The van der Waals surface area contributed by atoms with Crippen LogP contribution >= 0.6 is 9.03 Å². The van der Waals surface area contributed by atoms with Gasteiger partial charge in [-0.1, -0.05) is 0 Å².